The lowest BCUT2D eigenvalue weighted by atomic mass is 9.92. The van der Waals surface area contributed by atoms with Crippen molar-refractivity contribution in [1.29, 1.82) is 0 Å². The molecule has 0 bridgehead atoms. The molecule has 1 atom stereocenters. The van der Waals surface area contributed by atoms with E-state index in [1.54, 1.807) is 11.8 Å². The monoisotopic (exact) mass is 276 g/mol. The summed E-state index contributed by atoms with van der Waals surface area (Å²) in [4.78, 5) is 22.4. The molecule has 0 fully saturated rings. The van der Waals surface area contributed by atoms with Gasteiger partial charge in [0.2, 0.25) is 0 Å². The van der Waals surface area contributed by atoms with Gasteiger partial charge in [0, 0.05) is 6.54 Å². The average Bonchev–Trinajstić information content (AvgIpc) is 2.21. The predicted octanol–water partition coefficient (Wildman–Crippen LogP) is 1.93. The first-order chi connectivity index (χ1) is 8.26. The van der Waals surface area contributed by atoms with Crippen LogP contribution >= 0.6 is 11.8 Å². The lowest BCUT2D eigenvalue weighted by Crippen LogP contribution is -2.46. The van der Waals surface area contributed by atoms with E-state index in [2.05, 4.69) is 31.4 Å². The first-order valence-corrected chi connectivity index (χ1v) is 7.42. The highest BCUT2D eigenvalue weighted by molar-refractivity contribution is 7.98. The number of carboxylic acid groups (broad SMARTS) is 1. The summed E-state index contributed by atoms with van der Waals surface area (Å²) in [6.45, 7) is 6.81. The van der Waals surface area contributed by atoms with Crippen LogP contribution in [0.15, 0.2) is 0 Å². The topological polar surface area (TPSA) is 78.4 Å². The molecule has 2 amide bonds. The molecular weight excluding hydrogens is 252 g/mol. The number of carboxylic acids is 1. The number of amides is 2. The van der Waals surface area contributed by atoms with Crippen LogP contribution < -0.4 is 10.6 Å². The van der Waals surface area contributed by atoms with Crippen molar-refractivity contribution >= 4 is 23.8 Å². The van der Waals surface area contributed by atoms with Crippen LogP contribution in [0.4, 0.5) is 4.79 Å². The summed E-state index contributed by atoms with van der Waals surface area (Å²) in [5.41, 5.74) is 0.151. The van der Waals surface area contributed by atoms with Crippen molar-refractivity contribution in [2.75, 3.05) is 18.6 Å². The molecule has 0 aliphatic carbocycles. The third kappa shape index (κ3) is 9.15. The van der Waals surface area contributed by atoms with Crippen LogP contribution in [0.3, 0.4) is 0 Å². The van der Waals surface area contributed by atoms with Crippen molar-refractivity contribution in [2.45, 2.75) is 39.7 Å². The van der Waals surface area contributed by atoms with Gasteiger partial charge in [-0.05, 0) is 30.3 Å². The number of thioether (sulfide) groups is 1. The van der Waals surface area contributed by atoms with E-state index in [1.807, 2.05) is 6.26 Å². The zero-order valence-electron chi connectivity index (χ0n) is 11.6. The minimum atomic E-state index is -0.991. The maximum atomic E-state index is 11.5. The number of carbonyl (C=O) groups is 2. The molecule has 6 heteroatoms. The van der Waals surface area contributed by atoms with Gasteiger partial charge in [0.15, 0.2) is 0 Å². The van der Waals surface area contributed by atoms with Crippen LogP contribution in [-0.4, -0.2) is 41.7 Å². The molecule has 0 aliphatic rings. The van der Waals surface area contributed by atoms with Crippen molar-refractivity contribution in [1.82, 2.24) is 10.6 Å². The average molecular weight is 276 g/mol. The second kappa shape index (κ2) is 8.24. The van der Waals surface area contributed by atoms with Crippen LogP contribution in [0.5, 0.6) is 0 Å². The van der Waals surface area contributed by atoms with Gasteiger partial charge in [-0.2, -0.15) is 11.8 Å². The van der Waals surface area contributed by atoms with Gasteiger partial charge in [0.25, 0.3) is 0 Å². The fourth-order valence-corrected chi connectivity index (χ4v) is 1.72. The van der Waals surface area contributed by atoms with Gasteiger partial charge < -0.3 is 15.7 Å². The predicted molar refractivity (Wildman–Crippen MR) is 75.0 cm³/mol. The minimum Gasteiger partial charge on any atom is -0.480 e. The van der Waals surface area contributed by atoms with Gasteiger partial charge in [-0.1, -0.05) is 20.8 Å². The third-order valence-electron chi connectivity index (χ3n) is 2.37. The SMILES string of the molecule is CSCCC(NC(=O)NCCC(C)(C)C)C(=O)O. The van der Waals surface area contributed by atoms with Gasteiger partial charge in [0.05, 0.1) is 0 Å². The summed E-state index contributed by atoms with van der Waals surface area (Å²) in [5, 5.41) is 14.1. The molecule has 0 aromatic carbocycles. The third-order valence-corrected chi connectivity index (χ3v) is 3.02. The highest BCUT2D eigenvalue weighted by Gasteiger charge is 2.19. The largest absolute Gasteiger partial charge is 0.480 e. The van der Waals surface area contributed by atoms with E-state index >= 15 is 0 Å². The van der Waals surface area contributed by atoms with Gasteiger partial charge in [-0.15, -0.1) is 0 Å². The maximum absolute atomic E-state index is 11.5. The Balaban J connectivity index is 3.99. The molecule has 0 rings (SSSR count). The van der Waals surface area contributed by atoms with E-state index in [9.17, 15) is 9.59 Å². The Kier molecular flexibility index (Phi) is 7.82. The Morgan fingerprint density at radius 2 is 1.94 bits per heavy atom. The van der Waals surface area contributed by atoms with E-state index in [-0.39, 0.29) is 5.41 Å². The highest BCUT2D eigenvalue weighted by Crippen LogP contribution is 2.16. The highest BCUT2D eigenvalue weighted by atomic mass is 32.2. The molecule has 0 saturated heterocycles. The summed E-state index contributed by atoms with van der Waals surface area (Å²) in [7, 11) is 0. The van der Waals surface area contributed by atoms with E-state index < -0.39 is 18.0 Å². The molecule has 5 nitrogen and oxygen atoms in total. The molecule has 1 unspecified atom stereocenters. The van der Waals surface area contributed by atoms with Crippen LogP contribution in [0.25, 0.3) is 0 Å². The van der Waals surface area contributed by atoms with E-state index in [0.29, 0.717) is 18.7 Å². The van der Waals surface area contributed by atoms with Crippen molar-refractivity contribution in [3.05, 3.63) is 0 Å². The Morgan fingerprint density at radius 3 is 2.39 bits per heavy atom. The number of rotatable bonds is 7. The standard InChI is InChI=1S/C12H24N2O3S/c1-12(2,3)6-7-13-11(17)14-9(10(15)16)5-8-18-4/h9H,5-8H2,1-4H3,(H,15,16)(H2,13,14,17). The Morgan fingerprint density at radius 1 is 1.33 bits per heavy atom. The van der Waals surface area contributed by atoms with Crippen LogP contribution in [0.1, 0.15) is 33.6 Å². The summed E-state index contributed by atoms with van der Waals surface area (Å²) >= 11 is 1.56. The van der Waals surface area contributed by atoms with Crippen LogP contribution in [0.2, 0.25) is 0 Å². The van der Waals surface area contributed by atoms with Crippen molar-refractivity contribution in [2.24, 2.45) is 5.41 Å². The second-order valence-electron chi connectivity index (χ2n) is 5.38. The molecule has 18 heavy (non-hydrogen) atoms. The van der Waals surface area contributed by atoms with Gasteiger partial charge in [-0.25, -0.2) is 9.59 Å². The smallest absolute Gasteiger partial charge is 0.326 e. The maximum Gasteiger partial charge on any atom is 0.326 e. The molecule has 0 heterocycles. The normalized spacial score (nSPS) is 12.9. The van der Waals surface area contributed by atoms with E-state index in [1.165, 1.54) is 0 Å². The first kappa shape index (κ1) is 17.1. The molecule has 0 spiro atoms. The molecule has 0 saturated carbocycles. The summed E-state index contributed by atoms with van der Waals surface area (Å²) in [6.07, 6.45) is 3.19. The zero-order valence-corrected chi connectivity index (χ0v) is 12.4. The van der Waals surface area contributed by atoms with Crippen molar-refractivity contribution < 1.29 is 14.7 Å². The number of carbonyl (C=O) groups excluding carboxylic acids is 1. The molecule has 3 N–H and O–H groups in total. The number of aliphatic carboxylic acids is 1. The molecule has 0 aromatic rings. The Hall–Kier alpha value is -0.910. The molecule has 0 aromatic heterocycles. The lowest BCUT2D eigenvalue weighted by molar-refractivity contribution is -0.139. The quantitative estimate of drug-likeness (QED) is 0.664. The lowest BCUT2D eigenvalue weighted by Gasteiger charge is -2.19. The summed E-state index contributed by atoms with van der Waals surface area (Å²) in [6, 6.07) is -1.22. The molecular formula is C12H24N2O3S. The number of hydrogen-bond donors (Lipinski definition) is 3. The van der Waals surface area contributed by atoms with Gasteiger partial charge >= 0.3 is 12.0 Å². The molecule has 0 radical (unpaired) electrons. The molecule has 106 valence electrons. The Bertz CT molecular complexity index is 277. The van der Waals surface area contributed by atoms with Gasteiger partial charge in [0.1, 0.15) is 6.04 Å². The second-order valence-corrected chi connectivity index (χ2v) is 6.37. The van der Waals surface area contributed by atoms with Gasteiger partial charge in [-0.3, -0.25) is 0 Å². The minimum absolute atomic E-state index is 0.151. The first-order valence-electron chi connectivity index (χ1n) is 6.02. The summed E-state index contributed by atoms with van der Waals surface area (Å²) < 4.78 is 0. The fraction of sp³-hybridized carbons (Fsp3) is 0.833. The van der Waals surface area contributed by atoms with Crippen molar-refractivity contribution in [3.8, 4) is 0 Å². The summed E-state index contributed by atoms with van der Waals surface area (Å²) in [5.74, 6) is -0.283. The van der Waals surface area contributed by atoms with E-state index in [4.69, 9.17) is 5.11 Å². The van der Waals surface area contributed by atoms with Crippen LogP contribution in [-0.2, 0) is 4.79 Å². The zero-order chi connectivity index (χ0) is 14.2. The number of urea groups is 1. The van der Waals surface area contributed by atoms with E-state index in [0.717, 1.165) is 6.42 Å². The van der Waals surface area contributed by atoms with Crippen LogP contribution in [0, 0.1) is 5.41 Å². The Labute approximate surface area is 113 Å². The fourth-order valence-electron chi connectivity index (χ4n) is 1.25. The molecule has 0 aliphatic heterocycles. The number of hydrogen-bond acceptors (Lipinski definition) is 3. The number of nitrogens with one attached hydrogen (secondary N) is 2. The van der Waals surface area contributed by atoms with Crippen molar-refractivity contribution in [3.63, 3.8) is 0 Å².